The van der Waals surface area contributed by atoms with Gasteiger partial charge in [-0.1, -0.05) is 32.3 Å². The maximum Gasteiger partial charge on any atom is 0.256 e. The molecule has 0 saturated heterocycles. The van der Waals surface area contributed by atoms with E-state index in [1.165, 1.54) is 36.5 Å². The van der Waals surface area contributed by atoms with Crippen LogP contribution in [0.2, 0.25) is 0 Å². The van der Waals surface area contributed by atoms with Crippen molar-refractivity contribution >= 4 is 28.4 Å². The summed E-state index contributed by atoms with van der Waals surface area (Å²) in [5.74, 6) is 0.889. The normalized spacial score (nSPS) is 20.3. The number of ether oxygens (including phenoxy) is 1. The predicted octanol–water partition coefficient (Wildman–Crippen LogP) is 6.19. The number of unbranched alkanes of at least 4 members (excludes halogenated alkanes) is 3. The number of aromatic amines is 1. The molecule has 1 aliphatic carbocycles. The van der Waals surface area contributed by atoms with Gasteiger partial charge in [-0.3, -0.25) is 9.89 Å². The lowest BCUT2D eigenvalue weighted by atomic mass is 9.79. The number of benzene rings is 1. The topological polar surface area (TPSA) is 79.9 Å². The molecule has 0 bridgehead atoms. The number of hydrogen-bond donors (Lipinski definition) is 2. The minimum absolute atomic E-state index is 0.289. The van der Waals surface area contributed by atoms with Crippen molar-refractivity contribution in [3.8, 4) is 5.75 Å². The number of hydrogen-bond acceptors (Lipinski definition) is 5. The Morgan fingerprint density at radius 3 is 2.77 bits per heavy atom. The van der Waals surface area contributed by atoms with Gasteiger partial charge in [0, 0.05) is 27.8 Å². The second-order valence-electron chi connectivity index (χ2n) is 9.68. The highest BCUT2D eigenvalue weighted by molar-refractivity contribution is 7.13. The van der Waals surface area contributed by atoms with Gasteiger partial charge in [-0.2, -0.15) is 5.10 Å². The van der Waals surface area contributed by atoms with E-state index < -0.39 is 5.54 Å². The Morgan fingerprint density at radius 2 is 2.06 bits per heavy atom. The predicted molar refractivity (Wildman–Crippen MR) is 136 cm³/mol. The van der Waals surface area contributed by atoms with Crippen LogP contribution in [0.5, 0.6) is 5.75 Å². The van der Waals surface area contributed by atoms with E-state index in [1.54, 1.807) is 23.5 Å². The Bertz CT molecular complexity index is 1230. The maximum atomic E-state index is 15.4. The Morgan fingerprint density at radius 1 is 1.20 bits per heavy atom. The molecule has 35 heavy (non-hydrogen) atoms. The molecule has 2 aliphatic rings. The lowest BCUT2D eigenvalue weighted by Gasteiger charge is -2.37. The smallest absolute Gasteiger partial charge is 0.256 e. The highest BCUT2D eigenvalue weighted by atomic mass is 32.1. The average Bonchev–Trinajstić information content (AvgIpc) is 3.32. The van der Waals surface area contributed by atoms with Gasteiger partial charge in [0.05, 0.1) is 17.7 Å². The number of carbonyl (C=O) groups is 1. The number of rotatable bonds is 10. The Balaban J connectivity index is 1.44. The molecule has 2 aromatic heterocycles. The first-order chi connectivity index (χ1) is 17.0. The van der Waals surface area contributed by atoms with Crippen LogP contribution < -0.4 is 10.1 Å². The molecule has 8 heteroatoms. The third-order valence-electron chi connectivity index (χ3n) is 6.81. The lowest BCUT2D eigenvalue weighted by Crippen LogP contribution is -2.47. The Hall–Kier alpha value is -3.00. The van der Waals surface area contributed by atoms with Crippen LogP contribution in [0, 0.1) is 5.82 Å². The molecule has 1 saturated carbocycles. The first kappa shape index (κ1) is 23.7. The molecule has 3 heterocycles. The molecule has 1 amide bonds. The van der Waals surface area contributed by atoms with E-state index in [0.717, 1.165) is 29.7 Å². The molecule has 0 radical (unpaired) electrons. The van der Waals surface area contributed by atoms with Gasteiger partial charge in [0.2, 0.25) is 0 Å². The van der Waals surface area contributed by atoms with Crippen molar-refractivity contribution in [3.05, 3.63) is 63.6 Å². The number of amides is 1. The standard InChI is InChI=1S/C27H31FN4O2S/c1-3-4-5-6-13-34-18-9-10-20(21(28)14-18)27(2)15-19(23-12-11-22(35-23)17-7-8-17)24(26(33)31-27)25-29-16-30-32-25/h9-12,14,16-17H,3-8,13,15H2,1-2H3,(H,31,33)(H,29,30,32). The number of halogens is 1. The highest BCUT2D eigenvalue weighted by Crippen LogP contribution is 2.48. The van der Waals surface area contributed by atoms with Crippen molar-refractivity contribution in [2.24, 2.45) is 0 Å². The monoisotopic (exact) mass is 494 g/mol. The van der Waals surface area contributed by atoms with Gasteiger partial charge in [-0.15, -0.1) is 11.3 Å². The molecule has 2 N–H and O–H groups in total. The van der Waals surface area contributed by atoms with Crippen LogP contribution in [-0.4, -0.2) is 27.7 Å². The van der Waals surface area contributed by atoms with Crippen LogP contribution in [0.3, 0.4) is 0 Å². The fourth-order valence-electron chi connectivity index (χ4n) is 4.74. The summed E-state index contributed by atoms with van der Waals surface area (Å²) in [6.45, 7) is 4.61. The SMILES string of the molecule is CCCCCCOc1ccc(C2(C)CC(c3ccc(C4CC4)s3)=C(c3ncn[nH]3)C(=O)N2)c(F)c1. The number of aromatic nitrogens is 3. The summed E-state index contributed by atoms with van der Waals surface area (Å²) in [6.07, 6.45) is 8.65. The molecule has 1 fully saturated rings. The Labute approximate surface area is 209 Å². The van der Waals surface area contributed by atoms with Gasteiger partial charge in [-0.05, 0) is 55.9 Å². The quantitative estimate of drug-likeness (QED) is 0.330. The third-order valence-corrected chi connectivity index (χ3v) is 8.11. The second kappa shape index (κ2) is 9.93. The van der Waals surface area contributed by atoms with Crippen molar-refractivity contribution in [1.29, 1.82) is 0 Å². The van der Waals surface area contributed by atoms with Crippen LogP contribution in [0.15, 0.2) is 36.7 Å². The Kier molecular flexibility index (Phi) is 6.73. The molecule has 1 unspecified atom stereocenters. The average molecular weight is 495 g/mol. The maximum absolute atomic E-state index is 15.4. The van der Waals surface area contributed by atoms with Crippen molar-refractivity contribution in [2.75, 3.05) is 6.61 Å². The van der Waals surface area contributed by atoms with E-state index in [9.17, 15) is 4.79 Å². The van der Waals surface area contributed by atoms with Crippen LogP contribution in [-0.2, 0) is 10.3 Å². The van der Waals surface area contributed by atoms with E-state index in [-0.39, 0.29) is 11.7 Å². The summed E-state index contributed by atoms with van der Waals surface area (Å²) in [6, 6.07) is 9.19. The van der Waals surface area contributed by atoms with Crippen LogP contribution in [0.25, 0.3) is 11.1 Å². The summed E-state index contributed by atoms with van der Waals surface area (Å²) >= 11 is 1.72. The van der Waals surface area contributed by atoms with Gasteiger partial charge in [0.15, 0.2) is 5.82 Å². The second-order valence-corrected chi connectivity index (χ2v) is 10.8. The number of nitrogens with one attached hydrogen (secondary N) is 2. The summed E-state index contributed by atoms with van der Waals surface area (Å²) in [5.41, 5.74) is 0.859. The largest absolute Gasteiger partial charge is 0.493 e. The van der Waals surface area contributed by atoms with Gasteiger partial charge >= 0.3 is 0 Å². The molecule has 1 atom stereocenters. The van der Waals surface area contributed by atoms with Crippen LogP contribution >= 0.6 is 11.3 Å². The van der Waals surface area contributed by atoms with E-state index in [4.69, 9.17) is 4.74 Å². The highest BCUT2D eigenvalue weighted by Gasteiger charge is 2.41. The summed E-state index contributed by atoms with van der Waals surface area (Å²) < 4.78 is 21.1. The fourth-order valence-corrected chi connectivity index (χ4v) is 5.97. The minimum atomic E-state index is -0.913. The molecule has 1 aromatic carbocycles. The molecular weight excluding hydrogens is 463 g/mol. The van der Waals surface area contributed by atoms with E-state index in [1.807, 2.05) is 6.92 Å². The number of thiophene rings is 1. The zero-order valence-corrected chi connectivity index (χ0v) is 21.0. The van der Waals surface area contributed by atoms with Crippen molar-refractivity contribution < 1.29 is 13.9 Å². The molecule has 184 valence electrons. The van der Waals surface area contributed by atoms with Gasteiger partial charge in [-0.25, -0.2) is 9.37 Å². The first-order valence-corrected chi connectivity index (χ1v) is 13.2. The van der Waals surface area contributed by atoms with E-state index >= 15 is 4.39 Å². The molecule has 1 aliphatic heterocycles. The van der Waals surface area contributed by atoms with Crippen molar-refractivity contribution in [1.82, 2.24) is 20.5 Å². The number of H-pyrrole nitrogens is 1. The van der Waals surface area contributed by atoms with E-state index in [0.29, 0.717) is 41.7 Å². The van der Waals surface area contributed by atoms with Crippen molar-refractivity contribution in [3.63, 3.8) is 0 Å². The fraction of sp³-hybridized carbons (Fsp3) is 0.444. The summed E-state index contributed by atoms with van der Waals surface area (Å²) in [7, 11) is 0. The van der Waals surface area contributed by atoms with Gasteiger partial charge in [0.1, 0.15) is 17.9 Å². The summed E-state index contributed by atoms with van der Waals surface area (Å²) in [4.78, 5) is 20.0. The van der Waals surface area contributed by atoms with Gasteiger partial charge in [0.25, 0.3) is 5.91 Å². The molecule has 5 rings (SSSR count). The van der Waals surface area contributed by atoms with Crippen LogP contribution in [0.4, 0.5) is 4.39 Å². The summed E-state index contributed by atoms with van der Waals surface area (Å²) in [5, 5.41) is 9.83. The molecular formula is C27H31FN4O2S. The zero-order chi connectivity index (χ0) is 24.4. The molecule has 6 nitrogen and oxygen atoms in total. The van der Waals surface area contributed by atoms with Crippen LogP contribution in [0.1, 0.15) is 85.9 Å². The first-order valence-electron chi connectivity index (χ1n) is 12.4. The van der Waals surface area contributed by atoms with Crippen molar-refractivity contribution in [2.45, 2.75) is 70.3 Å². The number of carbonyl (C=O) groups excluding carboxylic acids is 1. The van der Waals surface area contributed by atoms with E-state index in [2.05, 4.69) is 39.6 Å². The lowest BCUT2D eigenvalue weighted by molar-refractivity contribution is -0.117. The van der Waals surface area contributed by atoms with Gasteiger partial charge < -0.3 is 10.1 Å². The molecule has 0 spiro atoms. The molecule has 3 aromatic rings. The number of nitrogens with zero attached hydrogens (tertiary/aromatic N) is 2. The zero-order valence-electron chi connectivity index (χ0n) is 20.2. The third kappa shape index (κ3) is 5.03. The minimum Gasteiger partial charge on any atom is -0.493 e.